The fourth-order valence-corrected chi connectivity index (χ4v) is 12.3. The molecule has 0 saturated heterocycles. The number of nitrogens with zero attached hydrogens (tertiary/aromatic N) is 1. The average molecular weight is 253 g/mol. The number of benzene rings is 1. The minimum Gasteiger partial charge on any atom is -0.425 e. The van der Waals surface area contributed by atoms with E-state index in [0.717, 1.165) is 5.69 Å². The van der Waals surface area contributed by atoms with Crippen molar-refractivity contribution in [1.82, 2.24) is 0 Å². The van der Waals surface area contributed by atoms with Crippen LogP contribution >= 0.6 is 0 Å². The van der Waals surface area contributed by atoms with Crippen LogP contribution in [0.25, 0.3) is 0 Å². The van der Waals surface area contributed by atoms with E-state index in [1.807, 2.05) is 12.1 Å². The van der Waals surface area contributed by atoms with E-state index in [1.165, 1.54) is 5.69 Å². The first-order chi connectivity index (χ1) is 7.12. The van der Waals surface area contributed by atoms with E-state index < -0.39 is 16.5 Å². The Bertz CT molecular complexity index is 333. The molecule has 1 rings (SSSR count). The zero-order chi connectivity index (χ0) is 12.6. The summed E-state index contributed by atoms with van der Waals surface area (Å²) in [4.78, 5) is 0. The molecule has 16 heavy (non-hydrogen) atoms. The SMILES string of the molecule is C[Si](C)(C)N(c1ccc(N)cc1)[Si](C)(C)C. The topological polar surface area (TPSA) is 29.3 Å². The molecule has 90 valence electrons. The molecule has 0 amide bonds. The summed E-state index contributed by atoms with van der Waals surface area (Å²) in [6.45, 7) is 14.4. The molecule has 0 unspecified atom stereocenters. The second-order valence-corrected chi connectivity index (χ2v) is 16.3. The van der Waals surface area contributed by atoms with Crippen LogP contribution in [0, 0.1) is 0 Å². The molecule has 2 nitrogen and oxygen atoms in total. The highest BCUT2D eigenvalue weighted by molar-refractivity contribution is 6.99. The van der Waals surface area contributed by atoms with E-state index in [4.69, 9.17) is 5.73 Å². The van der Waals surface area contributed by atoms with Crippen molar-refractivity contribution in [3.05, 3.63) is 24.3 Å². The first-order valence-electron chi connectivity index (χ1n) is 5.78. The lowest BCUT2D eigenvalue weighted by Gasteiger charge is -2.46. The maximum Gasteiger partial charge on any atom is 0.138 e. The van der Waals surface area contributed by atoms with E-state index in [1.54, 1.807) is 0 Å². The molecule has 0 aliphatic heterocycles. The largest absolute Gasteiger partial charge is 0.425 e. The third-order valence-corrected chi connectivity index (χ3v) is 9.72. The van der Waals surface area contributed by atoms with Gasteiger partial charge >= 0.3 is 0 Å². The highest BCUT2D eigenvalue weighted by Gasteiger charge is 2.34. The van der Waals surface area contributed by atoms with Crippen molar-refractivity contribution in [3.8, 4) is 0 Å². The molecule has 0 aliphatic carbocycles. The van der Waals surface area contributed by atoms with Crippen molar-refractivity contribution in [2.24, 2.45) is 0 Å². The smallest absolute Gasteiger partial charge is 0.138 e. The van der Waals surface area contributed by atoms with E-state index >= 15 is 0 Å². The normalized spacial score (nSPS) is 12.6. The van der Waals surface area contributed by atoms with Crippen molar-refractivity contribution in [1.29, 1.82) is 0 Å². The Hall–Kier alpha value is -0.746. The molecular formula is C12H24N2Si2. The average Bonchev–Trinajstić information content (AvgIpc) is 2.03. The van der Waals surface area contributed by atoms with E-state index in [0.29, 0.717) is 0 Å². The quantitative estimate of drug-likeness (QED) is 0.656. The van der Waals surface area contributed by atoms with Crippen LogP contribution in [-0.2, 0) is 0 Å². The predicted octanol–water partition coefficient (Wildman–Crippen LogP) is 3.75. The second kappa shape index (κ2) is 4.26. The highest BCUT2D eigenvalue weighted by atomic mass is 28.4. The van der Waals surface area contributed by atoms with Crippen LogP contribution in [0.15, 0.2) is 24.3 Å². The number of rotatable bonds is 3. The van der Waals surface area contributed by atoms with Gasteiger partial charge in [-0.15, -0.1) is 0 Å². The standard InChI is InChI=1S/C12H24N2Si2/c1-15(2,3)14(16(4,5)6)12-9-7-11(13)8-10-12/h7-10H,13H2,1-6H3. The first-order valence-corrected chi connectivity index (χ1v) is 12.7. The summed E-state index contributed by atoms with van der Waals surface area (Å²) in [6, 6.07) is 8.32. The van der Waals surface area contributed by atoms with Crippen LogP contribution < -0.4 is 9.96 Å². The monoisotopic (exact) mass is 252 g/mol. The fourth-order valence-electron chi connectivity index (χ4n) is 2.40. The van der Waals surface area contributed by atoms with Crippen LogP contribution in [0.1, 0.15) is 0 Å². The van der Waals surface area contributed by atoms with Gasteiger partial charge in [0.2, 0.25) is 0 Å². The van der Waals surface area contributed by atoms with Crippen molar-refractivity contribution in [2.45, 2.75) is 39.3 Å². The summed E-state index contributed by atoms with van der Waals surface area (Å²) in [6.07, 6.45) is 0. The second-order valence-electron chi connectivity index (χ2n) is 6.27. The predicted molar refractivity (Wildman–Crippen MR) is 80.0 cm³/mol. The number of nitrogen functional groups attached to an aromatic ring is 1. The molecule has 2 N–H and O–H groups in total. The van der Waals surface area contributed by atoms with E-state index in [9.17, 15) is 0 Å². The van der Waals surface area contributed by atoms with Gasteiger partial charge in [-0.2, -0.15) is 0 Å². The maximum atomic E-state index is 5.75. The van der Waals surface area contributed by atoms with Crippen LogP contribution in [0.4, 0.5) is 11.4 Å². The lowest BCUT2D eigenvalue weighted by molar-refractivity contribution is 1.35. The van der Waals surface area contributed by atoms with Gasteiger partial charge in [-0.3, -0.25) is 0 Å². The number of anilines is 2. The fraction of sp³-hybridized carbons (Fsp3) is 0.500. The molecule has 0 aliphatic rings. The molecule has 1 aromatic rings. The number of hydrogen-bond acceptors (Lipinski definition) is 2. The molecule has 1 aromatic carbocycles. The molecule has 0 spiro atoms. The van der Waals surface area contributed by atoms with Gasteiger partial charge in [0.05, 0.1) is 0 Å². The van der Waals surface area contributed by atoms with Crippen molar-refractivity contribution in [2.75, 3.05) is 9.96 Å². The zero-order valence-corrected chi connectivity index (χ0v) is 13.3. The van der Waals surface area contributed by atoms with Crippen LogP contribution in [0.3, 0.4) is 0 Å². The third kappa shape index (κ3) is 3.12. The Balaban J connectivity index is 3.18. The van der Waals surface area contributed by atoms with Gasteiger partial charge in [-0.05, 0) is 24.3 Å². The van der Waals surface area contributed by atoms with Crippen LogP contribution in [0.2, 0.25) is 39.3 Å². The van der Waals surface area contributed by atoms with E-state index in [2.05, 4.69) is 55.6 Å². The van der Waals surface area contributed by atoms with Gasteiger partial charge < -0.3 is 9.96 Å². The molecule has 0 fully saturated rings. The Labute approximate surface area is 102 Å². The van der Waals surface area contributed by atoms with Gasteiger partial charge in [0.15, 0.2) is 0 Å². The minimum absolute atomic E-state index is 0.842. The van der Waals surface area contributed by atoms with Gasteiger partial charge in [-0.25, -0.2) is 0 Å². The van der Waals surface area contributed by atoms with Gasteiger partial charge in [0.1, 0.15) is 16.5 Å². The Morgan fingerprint density at radius 3 is 1.50 bits per heavy atom. The van der Waals surface area contributed by atoms with Gasteiger partial charge in [0.25, 0.3) is 0 Å². The minimum atomic E-state index is -1.33. The van der Waals surface area contributed by atoms with Gasteiger partial charge in [-0.1, -0.05) is 39.3 Å². The first kappa shape index (κ1) is 13.3. The Morgan fingerprint density at radius 1 is 0.812 bits per heavy atom. The number of hydrogen-bond donors (Lipinski definition) is 1. The summed E-state index contributed by atoms with van der Waals surface area (Å²) in [7, 11) is -2.65. The summed E-state index contributed by atoms with van der Waals surface area (Å²) in [5.41, 5.74) is 7.93. The lowest BCUT2D eigenvalue weighted by Crippen LogP contribution is -2.59. The third-order valence-electron chi connectivity index (χ3n) is 2.49. The molecule has 0 bridgehead atoms. The summed E-state index contributed by atoms with van der Waals surface area (Å²) < 4.78 is 2.69. The highest BCUT2D eigenvalue weighted by Crippen LogP contribution is 2.28. The molecule has 0 saturated carbocycles. The molecule has 0 aromatic heterocycles. The van der Waals surface area contributed by atoms with Gasteiger partial charge in [0, 0.05) is 11.4 Å². The Kier molecular flexibility index (Phi) is 3.54. The van der Waals surface area contributed by atoms with E-state index in [-0.39, 0.29) is 0 Å². The van der Waals surface area contributed by atoms with Crippen LogP contribution in [-0.4, -0.2) is 16.5 Å². The van der Waals surface area contributed by atoms with Crippen LogP contribution in [0.5, 0.6) is 0 Å². The maximum absolute atomic E-state index is 5.75. The lowest BCUT2D eigenvalue weighted by atomic mass is 10.3. The number of nitrogens with two attached hydrogens (primary N) is 1. The van der Waals surface area contributed by atoms with Crippen molar-refractivity contribution >= 4 is 27.8 Å². The summed E-state index contributed by atoms with van der Waals surface area (Å²) in [5.74, 6) is 0. The zero-order valence-electron chi connectivity index (χ0n) is 11.3. The molecular weight excluding hydrogens is 228 g/mol. The molecule has 0 atom stereocenters. The summed E-state index contributed by atoms with van der Waals surface area (Å²) >= 11 is 0. The molecule has 0 heterocycles. The summed E-state index contributed by atoms with van der Waals surface area (Å²) in [5, 5.41) is 0. The Morgan fingerprint density at radius 2 is 1.19 bits per heavy atom. The molecule has 0 radical (unpaired) electrons. The molecule has 4 heteroatoms. The van der Waals surface area contributed by atoms with Crippen molar-refractivity contribution < 1.29 is 0 Å². The van der Waals surface area contributed by atoms with Crippen molar-refractivity contribution in [3.63, 3.8) is 0 Å².